The maximum Gasteiger partial charge on any atom is 0.326 e. The number of nitro groups is 2. The van der Waals surface area contributed by atoms with Crippen LogP contribution in [0.1, 0.15) is 64.1 Å². The largest absolute Gasteiger partial charge is 0.480 e. The van der Waals surface area contributed by atoms with Crippen LogP contribution in [-0.4, -0.2) is 66.7 Å². The summed E-state index contributed by atoms with van der Waals surface area (Å²) in [5.74, 6) is -4.44. The van der Waals surface area contributed by atoms with E-state index < -0.39 is 57.6 Å². The molecule has 0 bridgehead atoms. The summed E-state index contributed by atoms with van der Waals surface area (Å²) in [6.45, 7) is 6.71. The Hall–Kier alpha value is -6.33. The van der Waals surface area contributed by atoms with Crippen molar-refractivity contribution in [1.29, 1.82) is 0 Å². The summed E-state index contributed by atoms with van der Waals surface area (Å²) >= 11 is 0. The molecule has 6 N–H and O–H groups in total. The average Bonchev–Trinajstić information content (AvgIpc) is 3.40. The lowest BCUT2D eigenvalue weighted by molar-refractivity contribution is -0.403. The van der Waals surface area contributed by atoms with Crippen LogP contribution in [0, 0.1) is 25.6 Å². The Morgan fingerprint density at radius 3 is 1.96 bits per heavy atom. The van der Waals surface area contributed by atoms with Gasteiger partial charge in [0.2, 0.25) is 17.7 Å². The van der Waals surface area contributed by atoms with E-state index in [2.05, 4.69) is 21.3 Å². The number of amides is 3. The van der Waals surface area contributed by atoms with E-state index in [9.17, 15) is 54.4 Å². The summed E-state index contributed by atoms with van der Waals surface area (Å²) in [6.07, 6.45) is 3.19. The second kappa shape index (κ2) is 16.9. The van der Waals surface area contributed by atoms with Gasteiger partial charge in [0.25, 0.3) is 11.9 Å². The van der Waals surface area contributed by atoms with Gasteiger partial charge in [-0.1, -0.05) is 39.0 Å². The molecule has 0 aliphatic carbocycles. The second-order valence-electron chi connectivity index (χ2n) is 12.9. The number of aliphatic carboxylic acids is 2. The van der Waals surface area contributed by atoms with Gasteiger partial charge in [-0.2, -0.15) is 0 Å². The summed E-state index contributed by atoms with van der Waals surface area (Å²) in [4.78, 5) is 84.1. The van der Waals surface area contributed by atoms with Gasteiger partial charge in [-0.05, 0) is 53.6 Å². The quantitative estimate of drug-likeness (QED) is 0.0829. The van der Waals surface area contributed by atoms with Crippen LogP contribution < -0.4 is 21.3 Å². The molecule has 0 radical (unpaired) electrons. The third-order valence-electron chi connectivity index (χ3n) is 7.46. The first-order valence-electron chi connectivity index (χ1n) is 15.6. The van der Waals surface area contributed by atoms with Crippen LogP contribution in [-0.2, 0) is 30.5 Å². The van der Waals surface area contributed by atoms with E-state index in [1.54, 1.807) is 6.07 Å². The number of nitro benzene ring substituents is 1. The molecule has 0 spiro atoms. The fourth-order valence-electron chi connectivity index (χ4n) is 5.17. The van der Waals surface area contributed by atoms with Gasteiger partial charge in [0.05, 0.1) is 9.85 Å². The second-order valence-corrected chi connectivity index (χ2v) is 12.9. The fourth-order valence-corrected chi connectivity index (χ4v) is 5.17. The van der Waals surface area contributed by atoms with Gasteiger partial charge in [0.1, 0.15) is 18.1 Å². The Kier molecular flexibility index (Phi) is 12.9. The summed E-state index contributed by atoms with van der Waals surface area (Å²) in [7, 11) is 0. The van der Waals surface area contributed by atoms with Crippen LogP contribution in [0.25, 0.3) is 0 Å². The number of non-ortho nitro benzene ring substituents is 1. The highest BCUT2D eigenvalue weighted by Crippen LogP contribution is 2.36. The molecule has 1 heterocycles. The van der Waals surface area contributed by atoms with Crippen molar-refractivity contribution in [1.82, 2.24) is 15.5 Å². The van der Waals surface area contributed by atoms with Crippen LogP contribution in [0.3, 0.4) is 0 Å². The first kappa shape index (κ1) is 39.1. The summed E-state index contributed by atoms with van der Waals surface area (Å²) in [5.41, 5.74) is 1.02. The van der Waals surface area contributed by atoms with Crippen LogP contribution in [0.5, 0.6) is 0 Å². The molecule has 3 unspecified atom stereocenters. The molecule has 51 heavy (non-hydrogen) atoms. The smallest absolute Gasteiger partial charge is 0.326 e. The zero-order valence-corrected chi connectivity index (χ0v) is 28.2. The SMILES string of the molecule is CC(=O)N1Cc2cc(N/C(=C\[N+](=O)[O-])Nc3ccc([N+](=O)[O-])cc3)ccc2C1C(=O)NC(C/C=C/CC(NC(=O)CC(C)(C)C)C(=O)O)C(=O)O. The zero-order chi connectivity index (χ0) is 38.0. The number of carbonyl (C=O) groups is 5. The van der Waals surface area contributed by atoms with E-state index >= 15 is 0 Å². The molecule has 18 heteroatoms. The van der Waals surface area contributed by atoms with Gasteiger partial charge in [-0.3, -0.25) is 34.6 Å². The highest BCUT2D eigenvalue weighted by molar-refractivity contribution is 5.92. The molecule has 18 nitrogen and oxygen atoms in total. The number of carbonyl (C=O) groups excluding carboxylic acids is 3. The molecule has 272 valence electrons. The van der Waals surface area contributed by atoms with Crippen molar-refractivity contribution in [2.24, 2.45) is 5.41 Å². The number of benzene rings is 2. The molecule has 2 aromatic rings. The molecule has 1 aliphatic heterocycles. The first-order valence-corrected chi connectivity index (χ1v) is 15.6. The van der Waals surface area contributed by atoms with Gasteiger partial charge >= 0.3 is 11.9 Å². The topological polar surface area (TPSA) is 263 Å². The number of nitrogens with one attached hydrogen (secondary N) is 4. The van der Waals surface area contributed by atoms with E-state index in [1.165, 1.54) is 60.4 Å². The minimum absolute atomic E-state index is 0.0303. The highest BCUT2D eigenvalue weighted by atomic mass is 16.6. The molecule has 3 rings (SSSR count). The molecular formula is C33H39N7O11. The molecule has 0 saturated carbocycles. The zero-order valence-electron chi connectivity index (χ0n) is 28.2. The highest BCUT2D eigenvalue weighted by Gasteiger charge is 2.38. The number of anilines is 2. The van der Waals surface area contributed by atoms with Gasteiger partial charge < -0.3 is 36.4 Å². The lowest BCUT2D eigenvalue weighted by atomic mass is 9.92. The molecule has 0 fully saturated rings. The molecule has 0 aromatic heterocycles. The molecule has 1 aliphatic rings. The Morgan fingerprint density at radius 1 is 0.902 bits per heavy atom. The molecule has 2 aromatic carbocycles. The summed E-state index contributed by atoms with van der Waals surface area (Å²) in [6, 6.07) is 5.90. The van der Waals surface area contributed by atoms with Gasteiger partial charge in [-0.15, -0.1) is 0 Å². The van der Waals surface area contributed by atoms with Gasteiger partial charge in [0, 0.05) is 43.4 Å². The number of carboxylic acid groups (broad SMARTS) is 2. The fraction of sp³-hybridized carbons (Fsp3) is 0.364. The predicted molar refractivity (Wildman–Crippen MR) is 182 cm³/mol. The normalized spacial score (nSPS) is 15.3. The van der Waals surface area contributed by atoms with E-state index in [1.807, 2.05) is 20.8 Å². The van der Waals surface area contributed by atoms with E-state index in [-0.39, 0.29) is 42.7 Å². The first-order chi connectivity index (χ1) is 23.8. The lowest BCUT2D eigenvalue weighted by Crippen LogP contribution is -2.46. The van der Waals surface area contributed by atoms with Crippen LogP contribution >= 0.6 is 0 Å². The van der Waals surface area contributed by atoms with Gasteiger partial charge in [-0.25, -0.2) is 9.59 Å². The Labute approximate surface area is 291 Å². The number of nitrogens with zero attached hydrogens (tertiary/aromatic N) is 3. The number of carboxylic acids is 2. The number of hydrogen-bond donors (Lipinski definition) is 6. The van der Waals surface area contributed by atoms with Crippen molar-refractivity contribution in [3.8, 4) is 0 Å². The van der Waals surface area contributed by atoms with Gasteiger partial charge in [0.15, 0.2) is 5.82 Å². The van der Waals surface area contributed by atoms with Crippen molar-refractivity contribution in [3.05, 3.63) is 98.0 Å². The van der Waals surface area contributed by atoms with Crippen LogP contribution in [0.4, 0.5) is 17.1 Å². The summed E-state index contributed by atoms with van der Waals surface area (Å²) in [5, 5.41) is 52.1. The molecule has 3 atom stereocenters. The number of hydrogen-bond acceptors (Lipinski definition) is 11. The predicted octanol–water partition coefficient (Wildman–Crippen LogP) is 3.51. The van der Waals surface area contributed by atoms with Crippen molar-refractivity contribution in [3.63, 3.8) is 0 Å². The minimum atomic E-state index is -1.44. The standard InChI is InChI=1S/C33H39N7O11/c1-19(41)38-17-20-15-22(35-27(18-39(48)49)34-21-9-12-23(13-10-21)40(50)51)11-14-24(20)29(38)30(43)37-26(32(46)47)8-6-5-7-25(31(44)45)36-28(42)16-33(2,3)4/h5-6,9-15,18,25-26,29,34-35H,7-8,16-17H2,1-4H3,(H,36,42)(H,37,43)(H,44,45)(H,46,47)/b6-5+,27-18-. The van der Waals surface area contributed by atoms with Crippen molar-refractivity contribution in [2.45, 2.75) is 71.6 Å². The Morgan fingerprint density at radius 2 is 1.45 bits per heavy atom. The average molecular weight is 710 g/mol. The van der Waals surface area contributed by atoms with Crippen LogP contribution in [0.2, 0.25) is 0 Å². The Bertz CT molecular complexity index is 1750. The molecule has 0 saturated heterocycles. The van der Waals surface area contributed by atoms with Crippen molar-refractivity contribution in [2.75, 3.05) is 10.6 Å². The number of rotatable bonds is 16. The van der Waals surface area contributed by atoms with E-state index in [0.29, 0.717) is 28.7 Å². The van der Waals surface area contributed by atoms with Crippen molar-refractivity contribution < 1.29 is 44.0 Å². The third-order valence-corrected chi connectivity index (χ3v) is 7.46. The summed E-state index contributed by atoms with van der Waals surface area (Å²) < 4.78 is 0. The van der Waals surface area contributed by atoms with Crippen molar-refractivity contribution >= 4 is 46.7 Å². The molecule has 3 amide bonds. The minimum Gasteiger partial charge on any atom is -0.480 e. The van der Waals surface area contributed by atoms with Crippen LogP contribution in [0.15, 0.2) is 66.6 Å². The maximum atomic E-state index is 13.5. The van der Waals surface area contributed by atoms with E-state index in [4.69, 9.17) is 0 Å². The Balaban J connectivity index is 1.73. The lowest BCUT2D eigenvalue weighted by Gasteiger charge is -2.24. The third kappa shape index (κ3) is 11.7. The maximum absolute atomic E-state index is 13.5. The molecular weight excluding hydrogens is 670 g/mol. The number of fused-ring (bicyclic) bond motifs is 1. The monoisotopic (exact) mass is 709 g/mol. The van der Waals surface area contributed by atoms with E-state index in [0.717, 1.165) is 0 Å².